The number of hydrogen-bond donors (Lipinski definition) is 1. The number of rotatable bonds is 3. The van der Waals surface area contributed by atoms with Crippen LogP contribution < -0.4 is 5.32 Å². The van der Waals surface area contributed by atoms with E-state index in [0.29, 0.717) is 5.56 Å². The molecule has 0 aliphatic carbocycles. The molecule has 19 heavy (non-hydrogen) atoms. The van der Waals surface area contributed by atoms with Gasteiger partial charge in [0.2, 0.25) is 0 Å². The predicted octanol–water partition coefficient (Wildman–Crippen LogP) is 3.57. The van der Waals surface area contributed by atoms with Gasteiger partial charge >= 0.3 is 0 Å². The van der Waals surface area contributed by atoms with Crippen molar-refractivity contribution < 1.29 is 4.39 Å². The maximum Gasteiger partial charge on any atom is 0.141 e. The van der Waals surface area contributed by atoms with E-state index in [1.165, 1.54) is 12.3 Å². The van der Waals surface area contributed by atoms with Crippen LogP contribution in [0.5, 0.6) is 0 Å². The van der Waals surface area contributed by atoms with Crippen LogP contribution in [0.25, 0.3) is 0 Å². The number of benzene rings is 1. The first-order chi connectivity index (χ1) is 9.10. The van der Waals surface area contributed by atoms with E-state index in [0.717, 1.165) is 16.8 Å². The van der Waals surface area contributed by atoms with Crippen LogP contribution in [0.15, 0.2) is 36.7 Å². The molecule has 1 heterocycles. The van der Waals surface area contributed by atoms with Crippen LogP contribution in [0.2, 0.25) is 0 Å². The first kappa shape index (κ1) is 13.0. The molecule has 2 aromatic rings. The fourth-order valence-electron chi connectivity index (χ4n) is 1.83. The van der Waals surface area contributed by atoms with Crippen LogP contribution in [0, 0.1) is 24.1 Å². The number of nitriles is 1. The Hall–Kier alpha value is -2.41. The Balaban J connectivity index is 2.24. The van der Waals surface area contributed by atoms with Crippen molar-refractivity contribution in [1.82, 2.24) is 4.98 Å². The third kappa shape index (κ3) is 3.08. The molecule has 0 saturated carbocycles. The summed E-state index contributed by atoms with van der Waals surface area (Å²) in [7, 11) is 0. The van der Waals surface area contributed by atoms with E-state index < -0.39 is 0 Å². The summed E-state index contributed by atoms with van der Waals surface area (Å²) in [6.07, 6.45) is 2.81. The Bertz CT molecular complexity index is 632. The highest BCUT2D eigenvalue weighted by Gasteiger charge is 2.09. The van der Waals surface area contributed by atoms with E-state index >= 15 is 0 Å². The van der Waals surface area contributed by atoms with Gasteiger partial charge in [0.25, 0.3) is 0 Å². The van der Waals surface area contributed by atoms with Gasteiger partial charge in [-0.2, -0.15) is 5.26 Å². The Morgan fingerprint density at radius 2 is 2.11 bits per heavy atom. The highest BCUT2D eigenvalue weighted by Crippen LogP contribution is 2.23. The smallest absolute Gasteiger partial charge is 0.141 e. The van der Waals surface area contributed by atoms with Crippen molar-refractivity contribution in [2.45, 2.75) is 19.9 Å². The van der Waals surface area contributed by atoms with Gasteiger partial charge in [-0.15, -0.1) is 0 Å². The number of anilines is 1. The zero-order valence-corrected chi connectivity index (χ0v) is 10.8. The number of aryl methyl sites for hydroxylation is 1. The molecule has 1 N–H and O–H groups in total. The number of nitrogens with zero attached hydrogens (tertiary/aromatic N) is 2. The average molecular weight is 255 g/mol. The Morgan fingerprint density at radius 1 is 1.32 bits per heavy atom. The Labute approximate surface area is 111 Å². The van der Waals surface area contributed by atoms with Crippen LogP contribution in [-0.4, -0.2) is 4.98 Å². The van der Waals surface area contributed by atoms with Gasteiger partial charge in [-0.3, -0.25) is 4.98 Å². The van der Waals surface area contributed by atoms with Crippen molar-refractivity contribution in [2.24, 2.45) is 0 Å². The molecule has 0 aliphatic heterocycles. The summed E-state index contributed by atoms with van der Waals surface area (Å²) in [6, 6.07) is 8.92. The molecular formula is C15H14FN3. The molecule has 0 fully saturated rings. The van der Waals surface area contributed by atoms with Gasteiger partial charge in [0.15, 0.2) is 0 Å². The lowest BCUT2D eigenvalue weighted by molar-refractivity contribution is 0.616. The molecule has 3 nitrogen and oxygen atoms in total. The van der Waals surface area contributed by atoms with Crippen LogP contribution in [0.4, 0.5) is 10.1 Å². The molecule has 96 valence electrons. The van der Waals surface area contributed by atoms with Crippen LogP contribution in [-0.2, 0) is 0 Å². The molecule has 1 atom stereocenters. The maximum atomic E-state index is 13.1. The minimum atomic E-state index is -0.353. The molecule has 0 saturated heterocycles. The fourth-order valence-corrected chi connectivity index (χ4v) is 1.83. The summed E-state index contributed by atoms with van der Waals surface area (Å²) in [6.45, 7) is 3.88. The van der Waals surface area contributed by atoms with E-state index in [1.807, 2.05) is 19.9 Å². The van der Waals surface area contributed by atoms with Gasteiger partial charge in [0.1, 0.15) is 5.82 Å². The summed E-state index contributed by atoms with van der Waals surface area (Å²) in [4.78, 5) is 3.84. The second-order valence-corrected chi connectivity index (χ2v) is 4.44. The molecular weight excluding hydrogens is 241 g/mol. The topological polar surface area (TPSA) is 48.7 Å². The minimum absolute atomic E-state index is 0.0872. The summed E-state index contributed by atoms with van der Waals surface area (Å²) >= 11 is 0. The van der Waals surface area contributed by atoms with Gasteiger partial charge in [0.05, 0.1) is 23.9 Å². The van der Waals surface area contributed by atoms with E-state index in [4.69, 9.17) is 5.26 Å². The van der Waals surface area contributed by atoms with Crippen molar-refractivity contribution in [3.63, 3.8) is 0 Å². The first-order valence-corrected chi connectivity index (χ1v) is 5.98. The zero-order valence-electron chi connectivity index (χ0n) is 10.8. The van der Waals surface area contributed by atoms with Gasteiger partial charge in [-0.1, -0.05) is 6.07 Å². The maximum absolute atomic E-state index is 13.1. The van der Waals surface area contributed by atoms with E-state index in [1.54, 1.807) is 18.3 Å². The van der Waals surface area contributed by atoms with Crippen LogP contribution in [0.3, 0.4) is 0 Å². The normalized spacial score (nSPS) is 11.7. The fraction of sp³-hybridized carbons (Fsp3) is 0.200. The molecule has 0 spiro atoms. The zero-order chi connectivity index (χ0) is 13.8. The summed E-state index contributed by atoms with van der Waals surface area (Å²) in [5, 5.41) is 12.2. The van der Waals surface area contributed by atoms with Gasteiger partial charge < -0.3 is 5.32 Å². The molecule has 0 radical (unpaired) electrons. The quantitative estimate of drug-likeness (QED) is 0.912. The molecule has 2 rings (SSSR count). The van der Waals surface area contributed by atoms with Crippen molar-refractivity contribution >= 4 is 5.69 Å². The third-order valence-electron chi connectivity index (χ3n) is 2.96. The lowest BCUT2D eigenvalue weighted by Gasteiger charge is -2.17. The van der Waals surface area contributed by atoms with E-state index in [9.17, 15) is 4.39 Å². The predicted molar refractivity (Wildman–Crippen MR) is 72.1 cm³/mol. The van der Waals surface area contributed by atoms with E-state index in [2.05, 4.69) is 16.4 Å². The third-order valence-corrected chi connectivity index (χ3v) is 2.96. The lowest BCUT2D eigenvalue weighted by Crippen LogP contribution is -2.08. The SMILES string of the molecule is Cc1ccc(C#N)cc1NC(C)c1cncc(F)c1. The molecule has 1 aromatic heterocycles. The Kier molecular flexibility index (Phi) is 3.76. The van der Waals surface area contributed by atoms with Gasteiger partial charge in [-0.25, -0.2) is 4.39 Å². The molecule has 1 unspecified atom stereocenters. The van der Waals surface area contributed by atoms with Crippen molar-refractivity contribution in [3.8, 4) is 6.07 Å². The average Bonchev–Trinajstić information content (AvgIpc) is 2.41. The van der Waals surface area contributed by atoms with Crippen LogP contribution in [0.1, 0.15) is 29.7 Å². The standard InChI is InChI=1S/C15H14FN3/c1-10-3-4-12(7-17)5-15(10)19-11(2)13-6-14(16)9-18-8-13/h3-6,8-9,11,19H,1-2H3. The number of hydrogen-bond acceptors (Lipinski definition) is 3. The highest BCUT2D eigenvalue weighted by molar-refractivity contribution is 5.56. The Morgan fingerprint density at radius 3 is 2.79 bits per heavy atom. The summed E-state index contributed by atoms with van der Waals surface area (Å²) < 4.78 is 13.1. The molecule has 1 aromatic carbocycles. The number of halogens is 1. The number of aromatic nitrogens is 1. The highest BCUT2D eigenvalue weighted by atomic mass is 19.1. The first-order valence-electron chi connectivity index (χ1n) is 5.98. The van der Waals surface area contributed by atoms with Crippen molar-refractivity contribution in [2.75, 3.05) is 5.32 Å². The monoisotopic (exact) mass is 255 g/mol. The molecule has 4 heteroatoms. The second kappa shape index (κ2) is 5.49. The molecule has 0 bridgehead atoms. The molecule has 0 aliphatic rings. The van der Waals surface area contributed by atoms with E-state index in [-0.39, 0.29) is 11.9 Å². The van der Waals surface area contributed by atoms with Crippen molar-refractivity contribution in [1.29, 1.82) is 5.26 Å². The second-order valence-electron chi connectivity index (χ2n) is 4.44. The van der Waals surface area contributed by atoms with Crippen LogP contribution >= 0.6 is 0 Å². The minimum Gasteiger partial charge on any atom is -0.378 e. The number of pyridine rings is 1. The van der Waals surface area contributed by atoms with Crippen molar-refractivity contribution in [3.05, 3.63) is 59.2 Å². The van der Waals surface area contributed by atoms with Gasteiger partial charge in [0, 0.05) is 11.9 Å². The molecule has 0 amide bonds. The lowest BCUT2D eigenvalue weighted by atomic mass is 10.1. The summed E-state index contributed by atoms with van der Waals surface area (Å²) in [5.41, 5.74) is 3.27. The number of nitrogens with one attached hydrogen (secondary N) is 1. The largest absolute Gasteiger partial charge is 0.378 e. The summed E-state index contributed by atoms with van der Waals surface area (Å²) in [5.74, 6) is -0.353. The van der Waals surface area contributed by atoms with Gasteiger partial charge in [-0.05, 0) is 43.2 Å².